The highest BCUT2D eigenvalue weighted by Crippen LogP contribution is 2.32. The van der Waals surface area contributed by atoms with Crippen LogP contribution in [0.2, 0.25) is 0 Å². The van der Waals surface area contributed by atoms with E-state index in [2.05, 4.69) is 16.0 Å². The van der Waals surface area contributed by atoms with Crippen molar-refractivity contribution in [3.63, 3.8) is 0 Å². The van der Waals surface area contributed by atoms with E-state index in [1.54, 1.807) is 0 Å². The highest BCUT2D eigenvalue weighted by atomic mass is 16.7. The molecule has 0 radical (unpaired) electrons. The molecule has 3 aliphatic heterocycles. The zero-order chi connectivity index (χ0) is 29.2. The molecule has 7 unspecified atom stereocenters. The van der Waals surface area contributed by atoms with E-state index in [-0.39, 0.29) is 38.2 Å². The summed E-state index contributed by atoms with van der Waals surface area (Å²) >= 11 is 0. The van der Waals surface area contributed by atoms with Gasteiger partial charge < -0.3 is 77.3 Å². The normalized spacial score (nSPS) is 45.5. The Morgan fingerprint density at radius 2 is 1.73 bits per heavy atom. The number of rotatable bonds is 10. The number of aliphatic hydroxyl groups is 4. The molecule has 3 heterocycles. The fraction of sp³-hybridized carbons (Fsp3) is 0.958. The zero-order valence-corrected chi connectivity index (χ0v) is 23.1. The molecule has 232 valence electrons. The molecule has 16 nitrogen and oxygen atoms in total. The third-order valence-electron chi connectivity index (χ3n) is 8.15. The van der Waals surface area contributed by atoms with Crippen molar-refractivity contribution in [2.45, 2.75) is 105 Å². The molecular weight excluding hydrogens is 530 g/mol. The quantitative estimate of drug-likeness (QED) is 0.0659. The number of nitrogens with two attached hydrogens (primary N) is 3. The number of likely N-dealkylation sites (N-methyl/N-ethyl adjacent to an activating group) is 2. The number of ether oxygens (including phenoxy) is 5. The van der Waals surface area contributed by atoms with Gasteiger partial charge in [-0.1, -0.05) is 6.92 Å². The molecule has 0 spiro atoms. The van der Waals surface area contributed by atoms with Crippen molar-refractivity contribution in [1.29, 1.82) is 5.41 Å². The van der Waals surface area contributed by atoms with Gasteiger partial charge in [0.15, 0.2) is 23.9 Å². The van der Waals surface area contributed by atoms with Crippen LogP contribution in [0.5, 0.6) is 0 Å². The summed E-state index contributed by atoms with van der Waals surface area (Å²) in [4.78, 5) is 0. The molecule has 4 fully saturated rings. The Hall–Kier alpha value is -1.09. The van der Waals surface area contributed by atoms with Gasteiger partial charge in [-0.05, 0) is 32.9 Å². The van der Waals surface area contributed by atoms with Crippen molar-refractivity contribution in [1.82, 2.24) is 16.0 Å². The molecule has 0 aromatic carbocycles. The average Bonchev–Trinajstić information content (AvgIpc) is 2.88. The number of hydrogen-bond acceptors (Lipinski definition) is 15. The number of nitrogens with one attached hydrogen (secondary N) is 4. The van der Waals surface area contributed by atoms with Crippen molar-refractivity contribution < 1.29 is 44.1 Å². The monoisotopic (exact) mass is 577 g/mol. The Balaban J connectivity index is 1.52. The van der Waals surface area contributed by atoms with Crippen LogP contribution in [0.15, 0.2) is 0 Å². The molecule has 16 heteroatoms. The van der Waals surface area contributed by atoms with Crippen LogP contribution < -0.4 is 33.2 Å². The van der Waals surface area contributed by atoms with E-state index in [0.29, 0.717) is 13.0 Å². The van der Waals surface area contributed by atoms with E-state index in [9.17, 15) is 20.4 Å². The first-order valence-corrected chi connectivity index (χ1v) is 13.9. The molecular formula is C24H47N7O9. The van der Waals surface area contributed by atoms with Crippen LogP contribution in [0.3, 0.4) is 0 Å². The molecule has 0 amide bonds. The summed E-state index contributed by atoms with van der Waals surface area (Å²) in [6.45, 7) is 2.97. The minimum atomic E-state index is -1.86. The lowest BCUT2D eigenvalue weighted by atomic mass is 9.83. The fourth-order valence-electron chi connectivity index (χ4n) is 5.67. The van der Waals surface area contributed by atoms with Gasteiger partial charge in [-0.2, -0.15) is 0 Å². The summed E-state index contributed by atoms with van der Waals surface area (Å²) in [5.41, 5.74) is 15.3. The van der Waals surface area contributed by atoms with Crippen LogP contribution in [-0.4, -0.2) is 145 Å². The molecule has 12 atom stereocenters. The lowest BCUT2D eigenvalue weighted by molar-refractivity contribution is -0.309. The molecule has 1 saturated carbocycles. The predicted molar refractivity (Wildman–Crippen MR) is 141 cm³/mol. The number of aliphatic hydroxyl groups excluding tert-OH is 2. The number of amidine groups is 1. The number of hydrogen-bond donors (Lipinski definition) is 11. The minimum Gasteiger partial charge on any atom is -0.388 e. The third-order valence-corrected chi connectivity index (χ3v) is 8.15. The van der Waals surface area contributed by atoms with Crippen LogP contribution in [0.25, 0.3) is 0 Å². The van der Waals surface area contributed by atoms with E-state index in [4.69, 9.17) is 46.3 Å². The molecule has 0 bridgehead atoms. The first kappa shape index (κ1) is 31.8. The topological polar surface area (TPSA) is 265 Å². The fourth-order valence-corrected chi connectivity index (χ4v) is 5.67. The molecule has 4 rings (SSSR count). The van der Waals surface area contributed by atoms with Gasteiger partial charge in [-0.3, -0.25) is 5.41 Å². The highest BCUT2D eigenvalue weighted by Gasteiger charge is 2.53. The maximum absolute atomic E-state index is 11.6. The van der Waals surface area contributed by atoms with Gasteiger partial charge in [0.1, 0.15) is 30.3 Å². The second-order valence-corrected chi connectivity index (χ2v) is 11.3. The first-order chi connectivity index (χ1) is 18.9. The second-order valence-electron chi connectivity index (χ2n) is 11.3. The van der Waals surface area contributed by atoms with Crippen LogP contribution in [0, 0.1) is 5.41 Å². The second kappa shape index (κ2) is 13.0. The van der Waals surface area contributed by atoms with Crippen LogP contribution >= 0.6 is 0 Å². The minimum absolute atomic E-state index is 0.0498. The Kier molecular flexibility index (Phi) is 10.4. The Morgan fingerprint density at radius 3 is 2.35 bits per heavy atom. The van der Waals surface area contributed by atoms with E-state index < -0.39 is 72.5 Å². The summed E-state index contributed by atoms with van der Waals surface area (Å²) in [5, 5.41) is 60.8. The molecule has 0 aromatic heterocycles. The Bertz CT molecular complexity index is 852. The van der Waals surface area contributed by atoms with Gasteiger partial charge in [0.2, 0.25) is 0 Å². The SMILES string of the molecule is CCNC[C@@H]1CCC(N)C(OC2C(O)C(O[C@H]3OCC(N)(O)[C@H](NC)C3O)[C@H](NC(=N)C3(O)COC3)C[C@@H]2N)O1. The highest BCUT2D eigenvalue weighted by molar-refractivity contribution is 5.89. The maximum atomic E-state index is 11.6. The van der Waals surface area contributed by atoms with Crippen LogP contribution in [-0.2, 0) is 23.7 Å². The smallest absolute Gasteiger partial charge is 0.185 e. The first-order valence-electron chi connectivity index (χ1n) is 13.9. The lowest BCUT2D eigenvalue weighted by Gasteiger charge is -2.49. The van der Waals surface area contributed by atoms with Crippen molar-refractivity contribution in [3.8, 4) is 0 Å². The lowest BCUT2D eigenvalue weighted by Crippen LogP contribution is -2.72. The Labute approximate surface area is 233 Å². The van der Waals surface area contributed by atoms with E-state index in [1.165, 1.54) is 7.05 Å². The average molecular weight is 578 g/mol. The van der Waals surface area contributed by atoms with Crippen molar-refractivity contribution in [2.24, 2.45) is 17.2 Å². The standard InChI is InChI=1S/C24H47N7O9/c1-3-30-7-11-4-5-12(25)20(38-11)39-17-13(26)6-14(31-22(27)23(34)8-36-9-23)18(15(17)32)40-21-16(33)19(29-2)24(28,35)10-37-21/h11-21,29-30,32-35H,3-10,25-26,28H2,1-2H3,(H2,27,31)/t11-,12?,13-,14+,15?,16?,17?,18?,19+,20?,21+,24?/m0/s1. The molecule has 4 aliphatic rings. The van der Waals surface area contributed by atoms with E-state index in [0.717, 1.165) is 13.0 Å². The summed E-state index contributed by atoms with van der Waals surface area (Å²) in [6, 6.07) is -2.95. The molecule has 3 saturated heterocycles. The largest absolute Gasteiger partial charge is 0.388 e. The van der Waals surface area contributed by atoms with Gasteiger partial charge in [0.25, 0.3) is 0 Å². The Morgan fingerprint density at radius 1 is 1.02 bits per heavy atom. The van der Waals surface area contributed by atoms with E-state index >= 15 is 0 Å². The third kappa shape index (κ3) is 6.76. The molecule has 1 aliphatic carbocycles. The van der Waals surface area contributed by atoms with Crippen molar-refractivity contribution in [3.05, 3.63) is 0 Å². The van der Waals surface area contributed by atoms with Crippen LogP contribution in [0.4, 0.5) is 0 Å². The van der Waals surface area contributed by atoms with Crippen molar-refractivity contribution in [2.75, 3.05) is 40.0 Å². The predicted octanol–water partition coefficient (Wildman–Crippen LogP) is -5.06. The van der Waals surface area contributed by atoms with Gasteiger partial charge in [0.05, 0.1) is 44.1 Å². The van der Waals surface area contributed by atoms with E-state index in [1.807, 2.05) is 6.92 Å². The zero-order valence-electron chi connectivity index (χ0n) is 23.1. The summed E-state index contributed by atoms with van der Waals surface area (Å²) in [7, 11) is 1.52. The van der Waals surface area contributed by atoms with Gasteiger partial charge in [-0.15, -0.1) is 0 Å². The van der Waals surface area contributed by atoms with Crippen LogP contribution in [0.1, 0.15) is 26.2 Å². The summed E-state index contributed by atoms with van der Waals surface area (Å²) in [6.07, 6.45) is -5.56. The summed E-state index contributed by atoms with van der Waals surface area (Å²) < 4.78 is 29.0. The van der Waals surface area contributed by atoms with Gasteiger partial charge in [0, 0.05) is 12.6 Å². The molecule has 40 heavy (non-hydrogen) atoms. The van der Waals surface area contributed by atoms with Gasteiger partial charge in [-0.25, -0.2) is 0 Å². The molecule has 14 N–H and O–H groups in total. The molecule has 0 aromatic rings. The van der Waals surface area contributed by atoms with Crippen molar-refractivity contribution >= 4 is 5.84 Å². The summed E-state index contributed by atoms with van der Waals surface area (Å²) in [5.74, 6) is -0.213. The van der Waals surface area contributed by atoms with Gasteiger partial charge >= 0.3 is 0 Å². The maximum Gasteiger partial charge on any atom is 0.185 e.